The third kappa shape index (κ3) is 4.67. The van der Waals surface area contributed by atoms with Crippen molar-refractivity contribution in [3.8, 4) is 0 Å². The molecule has 0 aromatic heterocycles. The molecule has 0 unspecified atom stereocenters. The van der Waals surface area contributed by atoms with Crippen molar-refractivity contribution in [3.05, 3.63) is 71.0 Å². The smallest absolute Gasteiger partial charge is 0.333 e. The quantitative estimate of drug-likeness (QED) is 0.708. The molecule has 0 spiro atoms. The van der Waals surface area contributed by atoms with Gasteiger partial charge >= 0.3 is 6.03 Å². The molecule has 1 aliphatic heterocycles. The lowest BCUT2D eigenvalue weighted by Gasteiger charge is -2.38. The van der Waals surface area contributed by atoms with E-state index < -0.39 is 17.8 Å². The molecular formula is C21H24FN3O3. The molecular weight excluding hydrogens is 361 g/mol. The molecule has 28 heavy (non-hydrogen) atoms. The van der Waals surface area contributed by atoms with Gasteiger partial charge in [-0.2, -0.15) is 0 Å². The summed E-state index contributed by atoms with van der Waals surface area (Å²) >= 11 is 0. The molecule has 2 aromatic carbocycles. The molecule has 0 saturated carbocycles. The van der Waals surface area contributed by atoms with E-state index in [4.69, 9.17) is 4.74 Å². The number of aryl methyl sites for hydroxylation is 1. The van der Waals surface area contributed by atoms with Crippen LogP contribution in [0.5, 0.6) is 0 Å². The predicted octanol–water partition coefficient (Wildman–Crippen LogP) is 2.83. The number of benzene rings is 2. The number of ether oxygens (including phenoxy) is 1. The number of hydrogen-bond acceptors (Lipinski definition) is 3. The highest BCUT2D eigenvalue weighted by molar-refractivity contribution is 5.95. The number of urea groups is 1. The Bertz CT molecular complexity index is 833. The van der Waals surface area contributed by atoms with Crippen LogP contribution < -0.4 is 16.2 Å². The van der Waals surface area contributed by atoms with Crippen LogP contribution in [0.1, 0.15) is 34.3 Å². The maximum atomic E-state index is 12.9. The predicted molar refractivity (Wildman–Crippen MR) is 103 cm³/mol. The summed E-state index contributed by atoms with van der Waals surface area (Å²) in [5.74, 6) is -0.949. The molecule has 0 radical (unpaired) electrons. The summed E-state index contributed by atoms with van der Waals surface area (Å²) in [5.41, 5.74) is 7.09. The number of rotatable bonds is 4. The van der Waals surface area contributed by atoms with Crippen molar-refractivity contribution in [1.82, 2.24) is 16.2 Å². The molecule has 148 valence electrons. The number of carbonyl (C=O) groups excluding carboxylic acids is 2. The molecule has 3 rings (SSSR count). The Morgan fingerprint density at radius 2 is 1.71 bits per heavy atom. The summed E-state index contributed by atoms with van der Waals surface area (Å²) in [6.07, 6.45) is 1.61. The summed E-state index contributed by atoms with van der Waals surface area (Å²) in [6, 6.07) is 12.7. The molecule has 0 atom stereocenters. The van der Waals surface area contributed by atoms with E-state index in [1.54, 1.807) is 0 Å². The average Bonchev–Trinajstić information content (AvgIpc) is 2.72. The van der Waals surface area contributed by atoms with Gasteiger partial charge in [0, 0.05) is 30.7 Å². The van der Waals surface area contributed by atoms with E-state index in [9.17, 15) is 14.0 Å². The molecule has 3 amide bonds. The lowest BCUT2D eigenvalue weighted by atomic mass is 9.72. The van der Waals surface area contributed by atoms with E-state index in [0.29, 0.717) is 19.8 Å². The van der Waals surface area contributed by atoms with Crippen LogP contribution in [0.2, 0.25) is 0 Å². The average molecular weight is 385 g/mol. The second-order valence-electron chi connectivity index (χ2n) is 6.98. The van der Waals surface area contributed by atoms with Crippen molar-refractivity contribution in [2.45, 2.75) is 25.2 Å². The number of carbonyl (C=O) groups is 2. The number of nitrogens with one attached hydrogen (secondary N) is 3. The largest absolute Gasteiger partial charge is 0.381 e. The van der Waals surface area contributed by atoms with E-state index in [0.717, 1.165) is 12.8 Å². The van der Waals surface area contributed by atoms with Crippen LogP contribution in [-0.4, -0.2) is 31.7 Å². The topological polar surface area (TPSA) is 79.5 Å². The van der Waals surface area contributed by atoms with Gasteiger partial charge in [0.25, 0.3) is 5.91 Å². The van der Waals surface area contributed by atoms with E-state index in [1.165, 1.54) is 35.4 Å². The van der Waals surface area contributed by atoms with Crippen LogP contribution in [0.4, 0.5) is 9.18 Å². The van der Waals surface area contributed by atoms with Gasteiger partial charge in [0.05, 0.1) is 0 Å². The third-order valence-electron chi connectivity index (χ3n) is 5.15. The summed E-state index contributed by atoms with van der Waals surface area (Å²) in [4.78, 5) is 24.2. The van der Waals surface area contributed by atoms with Crippen LogP contribution in [0.15, 0.2) is 48.5 Å². The van der Waals surface area contributed by atoms with Crippen molar-refractivity contribution in [3.63, 3.8) is 0 Å². The van der Waals surface area contributed by atoms with Gasteiger partial charge in [0.1, 0.15) is 5.82 Å². The van der Waals surface area contributed by atoms with Crippen LogP contribution in [-0.2, 0) is 10.2 Å². The Balaban J connectivity index is 1.59. The summed E-state index contributed by atoms with van der Waals surface area (Å²) in [7, 11) is 0. The summed E-state index contributed by atoms with van der Waals surface area (Å²) in [5, 5.41) is 2.85. The second-order valence-corrected chi connectivity index (χ2v) is 6.98. The zero-order chi connectivity index (χ0) is 20.0. The monoisotopic (exact) mass is 385 g/mol. The van der Waals surface area contributed by atoms with Gasteiger partial charge in [-0.3, -0.25) is 10.2 Å². The highest BCUT2D eigenvalue weighted by Crippen LogP contribution is 2.36. The normalized spacial score (nSPS) is 15.5. The van der Waals surface area contributed by atoms with Crippen LogP contribution in [0, 0.1) is 12.7 Å². The standard InChI is InChI=1S/C21H24FN3O3/c1-15-4-2-3-5-18(15)21(10-12-28-13-11-21)14-23-20(27)25-24-19(26)16-6-8-17(22)9-7-16/h2-9H,10-14H2,1H3,(H,24,26)(H2,23,25,27). The van der Waals surface area contributed by atoms with Crippen molar-refractivity contribution in [1.29, 1.82) is 0 Å². The maximum Gasteiger partial charge on any atom is 0.333 e. The molecule has 0 bridgehead atoms. The zero-order valence-electron chi connectivity index (χ0n) is 15.8. The number of halogens is 1. The SMILES string of the molecule is Cc1ccccc1C1(CNC(=O)NNC(=O)c2ccc(F)cc2)CCOCC1. The third-order valence-corrected chi connectivity index (χ3v) is 5.15. The first-order chi connectivity index (χ1) is 13.5. The van der Waals surface area contributed by atoms with Crippen molar-refractivity contribution in [2.75, 3.05) is 19.8 Å². The van der Waals surface area contributed by atoms with Crippen LogP contribution in [0.25, 0.3) is 0 Å². The van der Waals surface area contributed by atoms with Gasteiger partial charge in [0.2, 0.25) is 0 Å². The lowest BCUT2D eigenvalue weighted by Crippen LogP contribution is -2.51. The Kier molecular flexibility index (Phi) is 6.26. The minimum absolute atomic E-state index is 0.206. The Morgan fingerprint density at radius 1 is 1.04 bits per heavy atom. The molecule has 0 aliphatic carbocycles. The molecule has 3 N–H and O–H groups in total. The van der Waals surface area contributed by atoms with Crippen molar-refractivity contribution >= 4 is 11.9 Å². The summed E-state index contributed by atoms with van der Waals surface area (Å²) < 4.78 is 18.4. The zero-order valence-corrected chi connectivity index (χ0v) is 15.8. The lowest BCUT2D eigenvalue weighted by molar-refractivity contribution is 0.0504. The van der Waals surface area contributed by atoms with Gasteiger partial charge in [-0.1, -0.05) is 24.3 Å². The second kappa shape index (κ2) is 8.84. The van der Waals surface area contributed by atoms with Gasteiger partial charge in [-0.15, -0.1) is 0 Å². The number of hydrogen-bond donors (Lipinski definition) is 3. The first kappa shape index (κ1) is 19.8. The van der Waals surface area contributed by atoms with Gasteiger partial charge < -0.3 is 10.1 Å². The van der Waals surface area contributed by atoms with E-state index in [2.05, 4.69) is 35.2 Å². The van der Waals surface area contributed by atoms with Crippen LogP contribution in [0.3, 0.4) is 0 Å². The molecule has 1 saturated heterocycles. The van der Waals surface area contributed by atoms with E-state index in [1.807, 2.05) is 12.1 Å². The maximum absolute atomic E-state index is 12.9. The minimum atomic E-state index is -0.519. The Morgan fingerprint density at radius 3 is 2.39 bits per heavy atom. The van der Waals surface area contributed by atoms with Gasteiger partial charge in [0.15, 0.2) is 0 Å². The Hall–Kier alpha value is -2.93. The van der Waals surface area contributed by atoms with E-state index in [-0.39, 0.29) is 11.0 Å². The fourth-order valence-corrected chi connectivity index (χ4v) is 3.55. The number of hydrazine groups is 1. The first-order valence-electron chi connectivity index (χ1n) is 9.24. The molecule has 7 heteroatoms. The highest BCUT2D eigenvalue weighted by atomic mass is 19.1. The highest BCUT2D eigenvalue weighted by Gasteiger charge is 2.35. The van der Waals surface area contributed by atoms with Crippen molar-refractivity contribution in [2.24, 2.45) is 0 Å². The Labute approximate surface area is 163 Å². The fourth-order valence-electron chi connectivity index (χ4n) is 3.55. The van der Waals surface area contributed by atoms with E-state index >= 15 is 0 Å². The number of amides is 3. The molecule has 1 aliphatic rings. The molecule has 1 heterocycles. The van der Waals surface area contributed by atoms with Gasteiger partial charge in [-0.05, 0) is 55.2 Å². The fraction of sp³-hybridized carbons (Fsp3) is 0.333. The summed E-state index contributed by atoms with van der Waals surface area (Å²) in [6.45, 7) is 3.77. The molecule has 1 fully saturated rings. The first-order valence-corrected chi connectivity index (χ1v) is 9.24. The van der Waals surface area contributed by atoms with Crippen LogP contribution >= 0.6 is 0 Å². The molecule has 6 nitrogen and oxygen atoms in total. The van der Waals surface area contributed by atoms with Gasteiger partial charge in [-0.25, -0.2) is 14.6 Å². The molecule has 2 aromatic rings. The minimum Gasteiger partial charge on any atom is -0.381 e. The van der Waals surface area contributed by atoms with Crippen molar-refractivity contribution < 1.29 is 18.7 Å².